The number of nitrogens with one attached hydrogen (secondary N) is 3. The Kier molecular flexibility index (Phi) is 5.64. The fourth-order valence-corrected chi connectivity index (χ4v) is 5.42. The maximum Gasteiger partial charge on any atom is 0.261 e. The number of nitrogens with zero attached hydrogens (tertiary/aromatic N) is 1. The zero-order valence-electron chi connectivity index (χ0n) is 18.1. The lowest BCUT2D eigenvalue weighted by Gasteiger charge is -2.10. The van der Waals surface area contributed by atoms with Gasteiger partial charge in [-0.15, -0.1) is 11.3 Å². The number of H-pyrrole nitrogens is 1. The molecule has 5 rings (SSSR count). The van der Waals surface area contributed by atoms with Crippen molar-refractivity contribution in [1.29, 1.82) is 0 Å². The van der Waals surface area contributed by atoms with Gasteiger partial charge in [0.05, 0.1) is 16.3 Å². The molecule has 0 aliphatic carbocycles. The monoisotopic (exact) mass is 488 g/mol. The summed E-state index contributed by atoms with van der Waals surface area (Å²) in [7, 11) is -3.77. The van der Waals surface area contributed by atoms with Crippen molar-refractivity contribution in [2.45, 2.75) is 11.8 Å². The Morgan fingerprint density at radius 2 is 1.71 bits per heavy atom. The number of anilines is 2. The van der Waals surface area contributed by atoms with Crippen LogP contribution in [0.25, 0.3) is 22.2 Å². The molecule has 0 aliphatic rings. The quantitative estimate of drug-likeness (QED) is 0.287. The molecule has 0 atom stereocenters. The maximum absolute atomic E-state index is 12.7. The lowest BCUT2D eigenvalue weighted by molar-refractivity contribution is 0.102. The molecule has 2 aromatic heterocycles. The molecule has 0 bridgehead atoms. The molecule has 0 radical (unpaired) electrons. The summed E-state index contributed by atoms with van der Waals surface area (Å²) >= 11 is 1.33. The molecular weight excluding hydrogens is 468 g/mol. The number of carbonyl (C=O) groups excluding carboxylic acids is 1. The number of hydrogen-bond donors (Lipinski definition) is 3. The van der Waals surface area contributed by atoms with E-state index in [1.807, 2.05) is 54.9 Å². The van der Waals surface area contributed by atoms with Crippen molar-refractivity contribution in [3.05, 3.63) is 95.5 Å². The molecule has 34 heavy (non-hydrogen) atoms. The molecular formula is C25H20N4O3S2. The fourth-order valence-electron chi connectivity index (χ4n) is 3.58. The number of benzene rings is 3. The van der Waals surface area contributed by atoms with Crippen molar-refractivity contribution in [1.82, 2.24) is 9.97 Å². The number of hydrogen-bond acceptors (Lipinski definition) is 5. The largest absolute Gasteiger partial charge is 0.360 e. The van der Waals surface area contributed by atoms with E-state index in [1.165, 1.54) is 35.6 Å². The molecule has 0 fully saturated rings. The number of fused-ring (bicyclic) bond motifs is 1. The Morgan fingerprint density at radius 1 is 0.971 bits per heavy atom. The SMILES string of the molecule is Cc1ccccc1NS(=O)(=O)c1ccc(C(=O)Nc2nc(-c3c[nH]c4ccccc34)cs2)cc1. The van der Waals surface area contributed by atoms with Crippen molar-refractivity contribution in [3.63, 3.8) is 0 Å². The first-order chi connectivity index (χ1) is 16.4. The maximum atomic E-state index is 12.7. The van der Waals surface area contributed by atoms with Crippen molar-refractivity contribution >= 4 is 49.0 Å². The third-order valence-electron chi connectivity index (χ3n) is 5.41. The van der Waals surface area contributed by atoms with Crippen molar-refractivity contribution < 1.29 is 13.2 Å². The van der Waals surface area contributed by atoms with Gasteiger partial charge in [-0.25, -0.2) is 13.4 Å². The van der Waals surface area contributed by atoms with E-state index in [1.54, 1.807) is 12.1 Å². The third-order valence-corrected chi connectivity index (χ3v) is 7.55. The summed E-state index contributed by atoms with van der Waals surface area (Å²) in [5.41, 5.74) is 4.41. The van der Waals surface area contributed by atoms with E-state index < -0.39 is 10.0 Å². The lowest BCUT2D eigenvalue weighted by Crippen LogP contribution is -2.15. The van der Waals surface area contributed by atoms with Gasteiger partial charge in [0.15, 0.2) is 5.13 Å². The highest BCUT2D eigenvalue weighted by Gasteiger charge is 2.17. The second-order valence-corrected chi connectivity index (χ2v) is 10.2. The molecule has 9 heteroatoms. The number of aromatic nitrogens is 2. The molecule has 7 nitrogen and oxygen atoms in total. The van der Waals surface area contributed by atoms with Crippen molar-refractivity contribution in [3.8, 4) is 11.3 Å². The fraction of sp³-hybridized carbons (Fsp3) is 0.0400. The molecule has 0 saturated heterocycles. The number of para-hydroxylation sites is 2. The van der Waals surface area contributed by atoms with Crippen LogP contribution in [0, 0.1) is 6.92 Å². The molecule has 2 heterocycles. The molecule has 170 valence electrons. The number of carbonyl (C=O) groups is 1. The van der Waals surface area contributed by atoms with Gasteiger partial charge in [0.25, 0.3) is 15.9 Å². The topological polar surface area (TPSA) is 104 Å². The summed E-state index contributed by atoms with van der Waals surface area (Å²) in [4.78, 5) is 20.5. The number of thiazole rings is 1. The van der Waals surface area contributed by atoms with E-state index in [9.17, 15) is 13.2 Å². The first-order valence-corrected chi connectivity index (χ1v) is 12.8. The molecule has 0 unspecified atom stereocenters. The standard InChI is InChI=1S/C25H20N4O3S2/c1-16-6-2-4-8-21(16)29-34(31,32)18-12-10-17(11-13-18)24(30)28-25-27-23(15-33-25)20-14-26-22-9-5-3-7-19(20)22/h2-15,26,29H,1H3,(H,27,28,30). The van der Waals surface area contributed by atoms with Gasteiger partial charge in [-0.3, -0.25) is 14.8 Å². The molecule has 0 aliphatic heterocycles. The minimum atomic E-state index is -3.77. The molecule has 3 N–H and O–H groups in total. The predicted octanol–water partition coefficient (Wildman–Crippen LogP) is 5.65. The normalized spacial score (nSPS) is 11.4. The number of aryl methyl sites for hydroxylation is 1. The summed E-state index contributed by atoms with van der Waals surface area (Å²) in [5, 5.41) is 6.19. The second kappa shape index (κ2) is 8.77. The zero-order chi connectivity index (χ0) is 23.7. The van der Waals surface area contributed by atoms with Crippen LogP contribution in [-0.4, -0.2) is 24.3 Å². The Morgan fingerprint density at radius 3 is 2.50 bits per heavy atom. The molecule has 1 amide bonds. The highest BCUT2D eigenvalue weighted by Crippen LogP contribution is 2.31. The average molecular weight is 489 g/mol. The van der Waals surface area contributed by atoms with E-state index >= 15 is 0 Å². The van der Waals surface area contributed by atoms with Gasteiger partial charge in [0.1, 0.15) is 0 Å². The second-order valence-electron chi connectivity index (χ2n) is 7.68. The van der Waals surface area contributed by atoms with Gasteiger partial charge in [-0.1, -0.05) is 36.4 Å². The predicted molar refractivity (Wildman–Crippen MR) is 136 cm³/mol. The molecule has 0 saturated carbocycles. The number of rotatable bonds is 6. The molecule has 5 aromatic rings. The summed E-state index contributed by atoms with van der Waals surface area (Å²) < 4.78 is 28.0. The van der Waals surface area contributed by atoms with Crippen LogP contribution in [0.2, 0.25) is 0 Å². The van der Waals surface area contributed by atoms with Gasteiger partial charge in [0.2, 0.25) is 0 Å². The van der Waals surface area contributed by atoms with Crippen LogP contribution in [0.4, 0.5) is 10.8 Å². The Balaban J connectivity index is 1.30. The summed E-state index contributed by atoms with van der Waals surface area (Å²) in [5.74, 6) is -0.365. The van der Waals surface area contributed by atoms with E-state index in [0.717, 1.165) is 27.7 Å². The lowest BCUT2D eigenvalue weighted by atomic mass is 10.1. The molecule has 3 aromatic carbocycles. The van der Waals surface area contributed by atoms with Crippen LogP contribution in [0.1, 0.15) is 15.9 Å². The summed E-state index contributed by atoms with van der Waals surface area (Å²) in [6.45, 7) is 1.83. The number of sulfonamides is 1. The first kappa shape index (κ1) is 21.9. The van der Waals surface area contributed by atoms with Crippen molar-refractivity contribution in [2.75, 3.05) is 10.0 Å². The van der Waals surface area contributed by atoms with Gasteiger partial charge >= 0.3 is 0 Å². The van der Waals surface area contributed by atoms with Gasteiger partial charge < -0.3 is 4.98 Å². The Hall–Kier alpha value is -3.95. The van der Waals surface area contributed by atoms with Crippen LogP contribution in [-0.2, 0) is 10.0 Å². The third kappa shape index (κ3) is 4.30. The zero-order valence-corrected chi connectivity index (χ0v) is 19.7. The van der Waals surface area contributed by atoms with Gasteiger partial charge in [-0.05, 0) is 48.9 Å². The highest BCUT2D eigenvalue weighted by atomic mass is 32.2. The Bertz CT molecular complexity index is 1600. The number of aromatic amines is 1. The van der Waals surface area contributed by atoms with Crippen LogP contribution in [0.3, 0.4) is 0 Å². The van der Waals surface area contributed by atoms with Crippen LogP contribution in [0.15, 0.2) is 89.3 Å². The highest BCUT2D eigenvalue weighted by molar-refractivity contribution is 7.92. The Labute approximate surface area is 200 Å². The van der Waals surface area contributed by atoms with Crippen LogP contribution < -0.4 is 10.0 Å². The smallest absolute Gasteiger partial charge is 0.261 e. The van der Waals surface area contributed by atoms with E-state index in [0.29, 0.717) is 16.4 Å². The summed E-state index contributed by atoms with van der Waals surface area (Å²) in [6, 6.07) is 20.9. The first-order valence-electron chi connectivity index (χ1n) is 10.4. The molecule has 0 spiro atoms. The minimum absolute atomic E-state index is 0.0724. The minimum Gasteiger partial charge on any atom is -0.360 e. The van der Waals surface area contributed by atoms with E-state index in [4.69, 9.17) is 0 Å². The number of amides is 1. The van der Waals surface area contributed by atoms with Crippen molar-refractivity contribution in [2.24, 2.45) is 0 Å². The van der Waals surface area contributed by atoms with Crippen LogP contribution in [0.5, 0.6) is 0 Å². The average Bonchev–Trinajstić information content (AvgIpc) is 3.47. The van der Waals surface area contributed by atoms with Gasteiger partial charge in [-0.2, -0.15) is 0 Å². The summed E-state index contributed by atoms with van der Waals surface area (Å²) in [6.07, 6.45) is 1.90. The van der Waals surface area contributed by atoms with E-state index in [-0.39, 0.29) is 10.8 Å². The van der Waals surface area contributed by atoms with E-state index in [2.05, 4.69) is 20.0 Å². The van der Waals surface area contributed by atoms with Crippen LogP contribution >= 0.6 is 11.3 Å². The van der Waals surface area contributed by atoms with Gasteiger partial charge in [0, 0.05) is 33.6 Å².